The molecule has 1 fully saturated rings. The molecule has 0 unspecified atom stereocenters. The van der Waals surface area contributed by atoms with E-state index in [1.54, 1.807) is 24.3 Å². The van der Waals surface area contributed by atoms with Gasteiger partial charge >= 0.3 is 12.1 Å². The topological polar surface area (TPSA) is 90.9 Å². The summed E-state index contributed by atoms with van der Waals surface area (Å²) in [5, 5.41) is 3.06. The summed E-state index contributed by atoms with van der Waals surface area (Å²) in [6, 6.07) is 39.1. The van der Waals surface area contributed by atoms with Gasteiger partial charge in [-0.1, -0.05) is 161 Å². The molecule has 7 heteroatoms. The predicted octanol–water partition coefficient (Wildman–Crippen LogP) is 10.4. The number of esters is 1. The van der Waals surface area contributed by atoms with Crippen molar-refractivity contribution >= 4 is 17.8 Å². The van der Waals surface area contributed by atoms with Gasteiger partial charge in [-0.2, -0.15) is 0 Å². The molecule has 0 aromatic heterocycles. The second-order valence-electron chi connectivity index (χ2n) is 14.2. The molecule has 1 aliphatic heterocycles. The average Bonchev–Trinajstić information content (AvgIpc) is 3.60. The van der Waals surface area contributed by atoms with Gasteiger partial charge in [0.05, 0.1) is 12.2 Å². The Morgan fingerprint density at radius 1 is 0.679 bits per heavy atom. The van der Waals surface area contributed by atoms with Gasteiger partial charge in [-0.05, 0) is 54.5 Å². The Kier molecular flexibility index (Phi) is 15.2. The number of carbonyl (C=O) groups excluding carboxylic acids is 3. The fraction of sp³-hybridized carbons (Fsp3) is 0.413. The maximum absolute atomic E-state index is 13.6. The molecule has 1 saturated heterocycles. The van der Waals surface area contributed by atoms with Gasteiger partial charge in [0.1, 0.15) is 29.6 Å². The Morgan fingerprint density at radius 2 is 1.15 bits per heavy atom. The molecule has 1 heterocycles. The molecule has 280 valence electrons. The molecule has 1 amide bonds. The second-order valence-corrected chi connectivity index (χ2v) is 14.2. The third-order valence-corrected chi connectivity index (χ3v) is 10.3. The van der Waals surface area contributed by atoms with Crippen LogP contribution < -0.4 is 5.32 Å². The minimum absolute atomic E-state index is 0.0105. The lowest BCUT2D eigenvalue weighted by Gasteiger charge is -2.41. The Bertz CT molecular complexity index is 1580. The van der Waals surface area contributed by atoms with E-state index in [0.717, 1.165) is 68.1 Å². The molecule has 0 bridgehead atoms. The van der Waals surface area contributed by atoms with E-state index in [1.807, 2.05) is 97.1 Å². The summed E-state index contributed by atoms with van der Waals surface area (Å²) in [7, 11) is 0. The number of rotatable bonds is 23. The minimum Gasteiger partial charge on any atom is -0.456 e. The number of benzene rings is 4. The standard InChI is InChI=1S/C46H55NO6/c1-2-3-4-21-32-41(48)33-22-7-5-6-8-23-34-42(53-43(49)37-24-13-9-14-25-37)45(35-51-44(50)47-45)36-52-46(38-26-15-10-16-27-38,39-28-17-11-18-29-39)40-30-19-12-20-31-40/h9-20,24-31,42H,2-8,21-23,32-36H2,1H3,(H,47,50)/t42-,45-/m1/s1. The van der Waals surface area contributed by atoms with Gasteiger partial charge in [0.25, 0.3) is 0 Å². The number of amides is 1. The lowest BCUT2D eigenvalue weighted by atomic mass is 9.79. The summed E-state index contributed by atoms with van der Waals surface area (Å²) in [5.41, 5.74) is 1.01. The lowest BCUT2D eigenvalue weighted by molar-refractivity contribution is -0.119. The van der Waals surface area contributed by atoms with Gasteiger partial charge in [0.2, 0.25) is 0 Å². The van der Waals surface area contributed by atoms with Crippen LogP contribution in [0, 0.1) is 0 Å². The van der Waals surface area contributed by atoms with Crippen molar-refractivity contribution in [2.75, 3.05) is 13.2 Å². The van der Waals surface area contributed by atoms with Crippen molar-refractivity contribution in [2.24, 2.45) is 0 Å². The molecule has 2 atom stereocenters. The van der Waals surface area contributed by atoms with E-state index in [0.29, 0.717) is 30.6 Å². The third-order valence-electron chi connectivity index (χ3n) is 10.3. The number of ether oxygens (including phenoxy) is 3. The quantitative estimate of drug-likeness (QED) is 0.0467. The molecule has 0 saturated carbocycles. The first-order chi connectivity index (χ1) is 26.0. The van der Waals surface area contributed by atoms with Crippen LogP contribution >= 0.6 is 0 Å². The molecule has 53 heavy (non-hydrogen) atoms. The fourth-order valence-electron chi connectivity index (χ4n) is 7.27. The SMILES string of the molecule is CCCCCCC(=O)CCCCCCCC[C@@H](OC(=O)c1ccccc1)[C@]1(COC(c2ccccc2)(c2ccccc2)c2ccccc2)COC(=O)N1. The van der Waals surface area contributed by atoms with Crippen LogP contribution in [0.5, 0.6) is 0 Å². The van der Waals surface area contributed by atoms with Crippen molar-refractivity contribution in [3.63, 3.8) is 0 Å². The maximum Gasteiger partial charge on any atom is 0.407 e. The highest BCUT2D eigenvalue weighted by Crippen LogP contribution is 2.42. The Balaban J connectivity index is 1.34. The van der Waals surface area contributed by atoms with Crippen molar-refractivity contribution < 1.29 is 28.6 Å². The van der Waals surface area contributed by atoms with Crippen LogP contribution in [0.4, 0.5) is 4.79 Å². The number of hydrogen-bond acceptors (Lipinski definition) is 6. The summed E-state index contributed by atoms with van der Waals surface area (Å²) in [6.07, 6.45) is 10.8. The predicted molar refractivity (Wildman–Crippen MR) is 209 cm³/mol. The largest absolute Gasteiger partial charge is 0.456 e. The van der Waals surface area contributed by atoms with Gasteiger partial charge in [0.15, 0.2) is 0 Å². The number of cyclic esters (lactones) is 1. The van der Waals surface area contributed by atoms with E-state index in [-0.39, 0.29) is 13.2 Å². The molecule has 0 aliphatic carbocycles. The van der Waals surface area contributed by atoms with Crippen molar-refractivity contribution in [3.8, 4) is 0 Å². The maximum atomic E-state index is 13.6. The van der Waals surface area contributed by atoms with E-state index < -0.39 is 29.3 Å². The van der Waals surface area contributed by atoms with Crippen molar-refractivity contribution in [1.82, 2.24) is 5.32 Å². The van der Waals surface area contributed by atoms with Crippen LogP contribution in [0.25, 0.3) is 0 Å². The molecular formula is C46H55NO6. The number of hydrogen-bond donors (Lipinski definition) is 1. The number of unbranched alkanes of at least 4 members (excludes halogenated alkanes) is 8. The molecule has 4 aromatic rings. The Hall–Kier alpha value is -4.75. The van der Waals surface area contributed by atoms with Gasteiger partial charge in [-0.15, -0.1) is 0 Å². The van der Waals surface area contributed by atoms with E-state index in [2.05, 4.69) is 12.2 Å². The average molecular weight is 718 g/mol. The summed E-state index contributed by atoms with van der Waals surface area (Å²) in [5.74, 6) is -0.0794. The first-order valence-electron chi connectivity index (χ1n) is 19.5. The highest BCUT2D eigenvalue weighted by atomic mass is 16.6. The van der Waals surface area contributed by atoms with Crippen LogP contribution in [-0.2, 0) is 24.6 Å². The van der Waals surface area contributed by atoms with E-state index in [1.165, 1.54) is 12.8 Å². The van der Waals surface area contributed by atoms with Crippen LogP contribution in [-0.4, -0.2) is 42.7 Å². The zero-order valence-electron chi connectivity index (χ0n) is 31.2. The summed E-state index contributed by atoms with van der Waals surface area (Å²) < 4.78 is 19.1. The molecule has 7 nitrogen and oxygen atoms in total. The molecule has 4 aromatic carbocycles. The molecule has 1 aliphatic rings. The fourth-order valence-corrected chi connectivity index (χ4v) is 7.27. The Labute approximate surface area is 315 Å². The van der Waals surface area contributed by atoms with Gasteiger partial charge < -0.3 is 19.5 Å². The van der Waals surface area contributed by atoms with Crippen molar-refractivity contribution in [1.29, 1.82) is 0 Å². The number of nitrogens with one attached hydrogen (secondary N) is 1. The van der Waals surface area contributed by atoms with Crippen LogP contribution in [0.1, 0.15) is 117 Å². The zero-order chi connectivity index (χ0) is 37.2. The summed E-state index contributed by atoms with van der Waals surface area (Å²) >= 11 is 0. The Morgan fingerprint density at radius 3 is 1.64 bits per heavy atom. The van der Waals surface area contributed by atoms with Gasteiger partial charge in [-0.25, -0.2) is 9.59 Å². The van der Waals surface area contributed by atoms with Crippen LogP contribution in [0.2, 0.25) is 0 Å². The zero-order valence-corrected chi connectivity index (χ0v) is 31.2. The lowest BCUT2D eigenvalue weighted by Crippen LogP contribution is -2.59. The molecular weight excluding hydrogens is 663 g/mol. The van der Waals surface area contributed by atoms with Crippen molar-refractivity contribution in [3.05, 3.63) is 144 Å². The van der Waals surface area contributed by atoms with Crippen LogP contribution in [0.15, 0.2) is 121 Å². The second kappa shape index (κ2) is 20.5. The highest BCUT2D eigenvalue weighted by Gasteiger charge is 2.51. The smallest absolute Gasteiger partial charge is 0.407 e. The number of carbonyl (C=O) groups is 3. The molecule has 5 rings (SSSR count). The van der Waals surface area contributed by atoms with Gasteiger partial charge in [0, 0.05) is 12.8 Å². The molecule has 0 spiro atoms. The minimum atomic E-state index is -1.15. The molecule has 0 radical (unpaired) electrons. The van der Waals surface area contributed by atoms with Gasteiger partial charge in [-0.3, -0.25) is 4.79 Å². The monoisotopic (exact) mass is 717 g/mol. The number of ketones is 1. The number of Topliss-reactive ketones (excluding diaryl/α,β-unsaturated/α-hetero) is 1. The first-order valence-corrected chi connectivity index (χ1v) is 19.5. The van der Waals surface area contributed by atoms with Crippen molar-refractivity contribution in [2.45, 2.75) is 108 Å². The summed E-state index contributed by atoms with van der Waals surface area (Å²) in [4.78, 5) is 38.8. The molecule has 1 N–H and O–H groups in total. The van der Waals surface area contributed by atoms with Crippen LogP contribution in [0.3, 0.4) is 0 Å². The first kappa shape index (κ1) is 39.5. The highest BCUT2D eigenvalue weighted by molar-refractivity contribution is 5.89. The third kappa shape index (κ3) is 10.9. The normalized spacial score (nSPS) is 16.1. The number of alkyl carbamates (subject to hydrolysis) is 1. The summed E-state index contributed by atoms with van der Waals surface area (Å²) in [6.45, 7) is 2.18. The van der Waals surface area contributed by atoms with E-state index in [9.17, 15) is 14.4 Å². The van der Waals surface area contributed by atoms with E-state index in [4.69, 9.17) is 14.2 Å². The van der Waals surface area contributed by atoms with E-state index >= 15 is 0 Å².